The summed E-state index contributed by atoms with van der Waals surface area (Å²) in [6.07, 6.45) is 2.03. The second-order valence-corrected chi connectivity index (χ2v) is 3.25. The molecule has 0 saturated heterocycles. The zero-order valence-corrected chi connectivity index (χ0v) is 7.99. The molecule has 0 aliphatic rings. The second kappa shape index (κ2) is 4.18. The van der Waals surface area contributed by atoms with Gasteiger partial charge in [0.25, 0.3) is 0 Å². The molecule has 0 amide bonds. The molecule has 0 saturated carbocycles. The zero-order chi connectivity index (χ0) is 9.84. The van der Waals surface area contributed by atoms with Crippen LogP contribution in [0, 0.1) is 0 Å². The van der Waals surface area contributed by atoms with Gasteiger partial charge in [0, 0.05) is 12.3 Å². The summed E-state index contributed by atoms with van der Waals surface area (Å²) in [4.78, 5) is 8.24. The van der Waals surface area contributed by atoms with Crippen LogP contribution >= 0.6 is 0 Å². The molecular formula is C9H15N3O. The van der Waals surface area contributed by atoms with E-state index in [0.29, 0.717) is 18.7 Å². The fraction of sp³-hybridized carbons (Fsp3) is 0.556. The zero-order valence-electron chi connectivity index (χ0n) is 7.99. The monoisotopic (exact) mass is 181 g/mol. The lowest BCUT2D eigenvalue weighted by atomic mass is 10.2. The van der Waals surface area contributed by atoms with Crippen molar-refractivity contribution in [2.75, 3.05) is 6.54 Å². The molecule has 1 rings (SSSR count). The molecule has 13 heavy (non-hydrogen) atoms. The van der Waals surface area contributed by atoms with E-state index in [1.807, 2.05) is 13.8 Å². The largest absolute Gasteiger partial charge is 0.504 e. The summed E-state index contributed by atoms with van der Waals surface area (Å²) >= 11 is 0. The summed E-state index contributed by atoms with van der Waals surface area (Å²) in [6, 6.07) is 0. The molecule has 0 aliphatic heterocycles. The molecule has 72 valence electrons. The number of aromatic nitrogens is 2. The lowest BCUT2D eigenvalue weighted by Crippen LogP contribution is -2.07. The Morgan fingerprint density at radius 3 is 2.77 bits per heavy atom. The highest BCUT2D eigenvalue weighted by molar-refractivity contribution is 5.23. The van der Waals surface area contributed by atoms with Crippen molar-refractivity contribution in [3.05, 3.63) is 17.7 Å². The molecule has 0 radical (unpaired) electrons. The first-order valence-corrected chi connectivity index (χ1v) is 4.40. The van der Waals surface area contributed by atoms with Crippen LogP contribution in [0.1, 0.15) is 31.3 Å². The molecule has 1 aromatic heterocycles. The third kappa shape index (κ3) is 2.39. The summed E-state index contributed by atoms with van der Waals surface area (Å²) in [5.41, 5.74) is 6.02. The molecular weight excluding hydrogens is 166 g/mol. The van der Waals surface area contributed by atoms with Gasteiger partial charge in [-0.3, -0.25) is 0 Å². The number of aromatic hydroxyl groups is 1. The molecule has 0 spiro atoms. The van der Waals surface area contributed by atoms with E-state index in [1.165, 1.54) is 6.20 Å². The molecule has 1 heterocycles. The summed E-state index contributed by atoms with van der Waals surface area (Å²) < 4.78 is 0. The van der Waals surface area contributed by atoms with E-state index in [9.17, 15) is 5.11 Å². The minimum absolute atomic E-state index is 0.134. The number of hydrogen-bond donors (Lipinski definition) is 2. The predicted molar refractivity (Wildman–Crippen MR) is 50.5 cm³/mol. The second-order valence-electron chi connectivity index (χ2n) is 3.25. The molecule has 0 atom stereocenters. The topological polar surface area (TPSA) is 72.0 Å². The van der Waals surface area contributed by atoms with Crippen LogP contribution in [0.25, 0.3) is 0 Å². The Bertz CT molecular complexity index is 286. The van der Waals surface area contributed by atoms with Crippen LogP contribution in [0.3, 0.4) is 0 Å². The van der Waals surface area contributed by atoms with Gasteiger partial charge in [-0.15, -0.1) is 0 Å². The minimum atomic E-state index is 0.134. The van der Waals surface area contributed by atoms with Gasteiger partial charge in [0.15, 0.2) is 5.75 Å². The average Bonchev–Trinajstić information content (AvgIpc) is 2.08. The first-order chi connectivity index (χ1) is 6.15. The van der Waals surface area contributed by atoms with E-state index in [2.05, 4.69) is 9.97 Å². The number of hydrogen-bond acceptors (Lipinski definition) is 4. The van der Waals surface area contributed by atoms with Gasteiger partial charge in [0.1, 0.15) is 5.82 Å². The van der Waals surface area contributed by atoms with Crippen LogP contribution in [0.5, 0.6) is 5.75 Å². The highest BCUT2D eigenvalue weighted by Crippen LogP contribution is 2.16. The maximum absolute atomic E-state index is 9.37. The fourth-order valence-corrected chi connectivity index (χ4v) is 1.03. The summed E-state index contributed by atoms with van der Waals surface area (Å²) in [6.45, 7) is 4.51. The van der Waals surface area contributed by atoms with E-state index < -0.39 is 0 Å². The number of nitrogens with two attached hydrogens (primary N) is 1. The Kier molecular flexibility index (Phi) is 3.19. The van der Waals surface area contributed by atoms with Crippen molar-refractivity contribution < 1.29 is 5.11 Å². The van der Waals surface area contributed by atoms with E-state index in [4.69, 9.17) is 5.73 Å². The Morgan fingerprint density at radius 1 is 1.54 bits per heavy atom. The summed E-state index contributed by atoms with van der Waals surface area (Å²) in [7, 11) is 0. The van der Waals surface area contributed by atoms with Gasteiger partial charge in [-0.05, 0) is 6.54 Å². The highest BCUT2D eigenvalue weighted by atomic mass is 16.3. The molecule has 1 aromatic rings. The fourth-order valence-electron chi connectivity index (χ4n) is 1.03. The summed E-state index contributed by atoms with van der Waals surface area (Å²) in [5, 5.41) is 9.37. The normalized spacial score (nSPS) is 10.8. The minimum Gasteiger partial charge on any atom is -0.504 e. The third-order valence-corrected chi connectivity index (χ3v) is 1.76. The Hall–Kier alpha value is -1.16. The van der Waals surface area contributed by atoms with Crippen molar-refractivity contribution in [2.24, 2.45) is 5.73 Å². The van der Waals surface area contributed by atoms with Crippen molar-refractivity contribution >= 4 is 0 Å². The van der Waals surface area contributed by atoms with Crippen molar-refractivity contribution in [3.63, 3.8) is 0 Å². The molecule has 3 N–H and O–H groups in total. The predicted octanol–water partition coefficient (Wildman–Crippen LogP) is 0.807. The number of rotatable bonds is 3. The first kappa shape index (κ1) is 9.92. The summed E-state index contributed by atoms with van der Waals surface area (Å²) in [5.74, 6) is 1.16. The first-order valence-electron chi connectivity index (χ1n) is 4.40. The third-order valence-electron chi connectivity index (χ3n) is 1.76. The number of nitrogens with zero attached hydrogens (tertiary/aromatic N) is 2. The average molecular weight is 181 g/mol. The van der Waals surface area contributed by atoms with Gasteiger partial charge in [-0.25, -0.2) is 9.97 Å². The van der Waals surface area contributed by atoms with Crippen LogP contribution in [-0.4, -0.2) is 21.6 Å². The Labute approximate surface area is 77.8 Å². The smallest absolute Gasteiger partial charge is 0.155 e. The van der Waals surface area contributed by atoms with Crippen LogP contribution in [0.2, 0.25) is 0 Å². The van der Waals surface area contributed by atoms with Crippen LogP contribution < -0.4 is 5.73 Å². The van der Waals surface area contributed by atoms with Crippen LogP contribution in [0.4, 0.5) is 0 Å². The molecule has 0 fully saturated rings. The standard InChI is InChI=1S/C9H15N3O/c1-6(2)9-11-5-8(13)7(12-9)3-4-10/h5-6,13H,3-4,10H2,1-2H3. The quantitative estimate of drug-likeness (QED) is 0.723. The molecule has 4 heteroatoms. The van der Waals surface area contributed by atoms with E-state index in [0.717, 1.165) is 5.82 Å². The Balaban J connectivity index is 2.97. The van der Waals surface area contributed by atoms with Crippen LogP contribution in [-0.2, 0) is 6.42 Å². The molecule has 0 aromatic carbocycles. The molecule has 4 nitrogen and oxygen atoms in total. The van der Waals surface area contributed by atoms with Gasteiger partial charge in [-0.1, -0.05) is 13.8 Å². The van der Waals surface area contributed by atoms with Crippen molar-refractivity contribution in [3.8, 4) is 5.75 Å². The van der Waals surface area contributed by atoms with E-state index in [1.54, 1.807) is 0 Å². The van der Waals surface area contributed by atoms with Crippen molar-refractivity contribution in [1.82, 2.24) is 9.97 Å². The Morgan fingerprint density at radius 2 is 2.23 bits per heavy atom. The van der Waals surface area contributed by atoms with Gasteiger partial charge in [-0.2, -0.15) is 0 Å². The lowest BCUT2D eigenvalue weighted by molar-refractivity contribution is 0.458. The van der Waals surface area contributed by atoms with Crippen molar-refractivity contribution in [1.29, 1.82) is 0 Å². The van der Waals surface area contributed by atoms with Gasteiger partial charge in [0.2, 0.25) is 0 Å². The van der Waals surface area contributed by atoms with Crippen molar-refractivity contribution in [2.45, 2.75) is 26.2 Å². The van der Waals surface area contributed by atoms with Crippen LogP contribution in [0.15, 0.2) is 6.20 Å². The highest BCUT2D eigenvalue weighted by Gasteiger charge is 2.07. The van der Waals surface area contributed by atoms with E-state index in [-0.39, 0.29) is 11.7 Å². The maximum atomic E-state index is 9.37. The van der Waals surface area contributed by atoms with E-state index >= 15 is 0 Å². The molecule has 0 bridgehead atoms. The molecule has 0 aliphatic carbocycles. The maximum Gasteiger partial charge on any atom is 0.155 e. The lowest BCUT2D eigenvalue weighted by Gasteiger charge is -2.06. The van der Waals surface area contributed by atoms with Gasteiger partial charge < -0.3 is 10.8 Å². The van der Waals surface area contributed by atoms with Gasteiger partial charge >= 0.3 is 0 Å². The SMILES string of the molecule is CC(C)c1ncc(O)c(CCN)n1. The van der Waals surface area contributed by atoms with Gasteiger partial charge in [0.05, 0.1) is 11.9 Å². The molecule has 0 unspecified atom stereocenters.